The van der Waals surface area contributed by atoms with Gasteiger partial charge < -0.3 is 19.2 Å². The van der Waals surface area contributed by atoms with E-state index in [0.29, 0.717) is 50.6 Å². The summed E-state index contributed by atoms with van der Waals surface area (Å²) in [5, 5.41) is 3.27. The fourth-order valence-electron chi connectivity index (χ4n) is 4.12. The zero-order valence-corrected chi connectivity index (χ0v) is 19.5. The van der Waals surface area contributed by atoms with Gasteiger partial charge in [0.15, 0.2) is 11.2 Å². The van der Waals surface area contributed by atoms with E-state index in [9.17, 15) is 14.4 Å². The van der Waals surface area contributed by atoms with Crippen molar-refractivity contribution in [2.45, 2.75) is 25.9 Å². The average molecular weight is 469 g/mol. The van der Waals surface area contributed by atoms with Gasteiger partial charge in [-0.15, -0.1) is 0 Å². The van der Waals surface area contributed by atoms with Crippen molar-refractivity contribution in [3.63, 3.8) is 0 Å². The lowest BCUT2D eigenvalue weighted by molar-refractivity contribution is 0.0620. The highest BCUT2D eigenvalue weighted by Crippen LogP contribution is 2.33. The number of rotatable bonds is 4. The Morgan fingerprint density at radius 3 is 2.49 bits per heavy atom. The number of amides is 1. The van der Waals surface area contributed by atoms with Crippen molar-refractivity contribution in [1.82, 2.24) is 0 Å². The summed E-state index contributed by atoms with van der Waals surface area (Å²) in [7, 11) is 1.54. The first-order valence-corrected chi connectivity index (χ1v) is 11.1. The molecule has 0 saturated heterocycles. The predicted molar refractivity (Wildman–Crippen MR) is 133 cm³/mol. The molecule has 2 heterocycles. The molecule has 3 aromatic carbocycles. The second-order valence-electron chi connectivity index (χ2n) is 9.04. The minimum atomic E-state index is -0.563. The lowest BCUT2D eigenvalue weighted by atomic mass is 9.92. The molecule has 1 aromatic heterocycles. The highest BCUT2D eigenvalue weighted by Gasteiger charge is 2.32. The number of ketones is 1. The van der Waals surface area contributed by atoms with Gasteiger partial charge in [0, 0.05) is 22.9 Å². The molecule has 0 aliphatic carbocycles. The fourth-order valence-corrected chi connectivity index (χ4v) is 4.12. The molecule has 1 N–H and O–H groups in total. The molecule has 0 bridgehead atoms. The van der Waals surface area contributed by atoms with Crippen LogP contribution in [0.2, 0.25) is 0 Å². The number of ether oxygens (including phenoxy) is 2. The summed E-state index contributed by atoms with van der Waals surface area (Å²) in [4.78, 5) is 37.9. The van der Waals surface area contributed by atoms with Crippen LogP contribution in [-0.4, -0.2) is 24.4 Å². The summed E-state index contributed by atoms with van der Waals surface area (Å²) in [6, 6.07) is 18.3. The molecule has 0 spiro atoms. The number of methoxy groups -OCH3 is 1. The molecule has 7 nitrogen and oxygen atoms in total. The van der Waals surface area contributed by atoms with Crippen LogP contribution in [0.5, 0.6) is 11.5 Å². The normalized spacial score (nSPS) is 14.2. The van der Waals surface area contributed by atoms with Gasteiger partial charge in [0.05, 0.1) is 24.5 Å². The molecule has 176 valence electrons. The number of anilines is 1. The van der Waals surface area contributed by atoms with Gasteiger partial charge in [-0.25, -0.2) is 0 Å². The first-order valence-electron chi connectivity index (χ1n) is 11.1. The minimum absolute atomic E-state index is 0.0504. The van der Waals surface area contributed by atoms with Crippen LogP contribution in [0, 0.1) is 0 Å². The third kappa shape index (κ3) is 4.40. The highest BCUT2D eigenvalue weighted by molar-refractivity contribution is 6.07. The van der Waals surface area contributed by atoms with Crippen LogP contribution < -0.4 is 20.2 Å². The van der Waals surface area contributed by atoms with Gasteiger partial charge in [0.25, 0.3) is 5.91 Å². The molecule has 0 atom stereocenters. The van der Waals surface area contributed by atoms with E-state index in [2.05, 4.69) is 5.32 Å². The Hall–Kier alpha value is -4.39. The number of nitrogens with one attached hydrogen (secondary N) is 1. The molecule has 35 heavy (non-hydrogen) atoms. The van der Waals surface area contributed by atoms with Crippen molar-refractivity contribution < 1.29 is 23.5 Å². The van der Waals surface area contributed by atoms with Gasteiger partial charge in [-0.05, 0) is 74.5 Å². The maximum atomic E-state index is 12.8. The first-order chi connectivity index (χ1) is 16.7. The van der Waals surface area contributed by atoms with Crippen LogP contribution >= 0.6 is 0 Å². The molecule has 1 aliphatic heterocycles. The number of hydrogen-bond donors (Lipinski definition) is 1. The number of Topliss-reactive ketones (excluding diaryl/α,β-unsaturated/α-hetero) is 1. The number of carbonyl (C=O) groups is 2. The number of carbonyl (C=O) groups excluding carboxylic acids is 2. The number of hydrogen-bond acceptors (Lipinski definition) is 6. The molecule has 1 amide bonds. The molecule has 0 radical (unpaired) electrons. The van der Waals surface area contributed by atoms with Gasteiger partial charge >= 0.3 is 0 Å². The standard InChI is InChI=1S/C28H23NO6/c1-28(2)15-23(31)20-12-17(6-10-25(20)35-28)27(32)29-18-7-4-16(5-8-18)26-14-22(30)21-13-19(33-3)9-11-24(21)34-26/h4-14H,15H2,1-3H3,(H,29,32). The Bertz CT molecular complexity index is 1530. The smallest absolute Gasteiger partial charge is 0.255 e. The molecular formula is C28H23NO6. The van der Waals surface area contributed by atoms with E-state index in [1.165, 1.54) is 13.2 Å². The van der Waals surface area contributed by atoms with Gasteiger partial charge in [-0.1, -0.05) is 0 Å². The monoisotopic (exact) mass is 469 g/mol. The lowest BCUT2D eigenvalue weighted by Gasteiger charge is -2.31. The second-order valence-corrected chi connectivity index (χ2v) is 9.04. The third-order valence-corrected chi connectivity index (χ3v) is 5.88. The average Bonchev–Trinajstić information content (AvgIpc) is 2.83. The van der Waals surface area contributed by atoms with Gasteiger partial charge in [0.1, 0.15) is 28.4 Å². The third-order valence-electron chi connectivity index (χ3n) is 5.88. The van der Waals surface area contributed by atoms with Crippen LogP contribution in [0.4, 0.5) is 5.69 Å². The largest absolute Gasteiger partial charge is 0.497 e. The van der Waals surface area contributed by atoms with Gasteiger partial charge in [0.2, 0.25) is 0 Å². The Kier molecular flexibility index (Phi) is 5.40. The molecule has 7 heteroatoms. The lowest BCUT2D eigenvalue weighted by Crippen LogP contribution is -2.36. The Morgan fingerprint density at radius 2 is 1.74 bits per heavy atom. The SMILES string of the molecule is COc1ccc2oc(-c3ccc(NC(=O)c4ccc5c(c4)C(=O)CC(C)(C)O5)cc3)cc(=O)c2c1. The van der Waals surface area contributed by atoms with Crippen molar-refractivity contribution in [1.29, 1.82) is 0 Å². The Balaban J connectivity index is 1.35. The molecule has 1 aliphatic rings. The summed E-state index contributed by atoms with van der Waals surface area (Å²) in [6.45, 7) is 3.72. The van der Waals surface area contributed by atoms with Crippen LogP contribution in [0.15, 0.2) is 75.9 Å². The Labute approximate surface area is 201 Å². The summed E-state index contributed by atoms with van der Waals surface area (Å²) in [6.07, 6.45) is 0.255. The molecule has 4 aromatic rings. The van der Waals surface area contributed by atoms with E-state index >= 15 is 0 Å². The van der Waals surface area contributed by atoms with Gasteiger partial charge in [-0.3, -0.25) is 14.4 Å². The van der Waals surface area contributed by atoms with Gasteiger partial charge in [-0.2, -0.15) is 0 Å². The summed E-state index contributed by atoms with van der Waals surface area (Å²) in [5.74, 6) is 1.09. The quantitative estimate of drug-likeness (QED) is 0.426. The van der Waals surface area contributed by atoms with Crippen LogP contribution in [-0.2, 0) is 0 Å². The topological polar surface area (TPSA) is 94.8 Å². The van der Waals surface area contributed by atoms with E-state index in [1.807, 2.05) is 13.8 Å². The molecule has 0 unspecified atom stereocenters. The maximum absolute atomic E-state index is 12.8. The Morgan fingerprint density at radius 1 is 0.971 bits per heavy atom. The first kappa shape index (κ1) is 22.4. The van der Waals surface area contributed by atoms with Crippen molar-refractivity contribution in [2.75, 3.05) is 12.4 Å². The fraction of sp³-hybridized carbons (Fsp3) is 0.179. The van der Waals surface area contributed by atoms with Crippen LogP contribution in [0.3, 0.4) is 0 Å². The van der Waals surface area contributed by atoms with Crippen molar-refractivity contribution >= 4 is 28.3 Å². The zero-order chi connectivity index (χ0) is 24.7. The summed E-state index contributed by atoms with van der Waals surface area (Å²) < 4.78 is 16.9. The van der Waals surface area contributed by atoms with Crippen molar-refractivity contribution in [3.8, 4) is 22.8 Å². The van der Waals surface area contributed by atoms with E-state index in [4.69, 9.17) is 13.9 Å². The molecular weight excluding hydrogens is 446 g/mol. The summed E-state index contributed by atoms with van der Waals surface area (Å²) >= 11 is 0. The molecule has 0 fully saturated rings. The van der Waals surface area contributed by atoms with Crippen LogP contribution in [0.25, 0.3) is 22.3 Å². The van der Waals surface area contributed by atoms with Crippen molar-refractivity contribution in [3.05, 3.63) is 88.1 Å². The summed E-state index contributed by atoms with van der Waals surface area (Å²) in [5.41, 5.74) is 1.75. The highest BCUT2D eigenvalue weighted by atomic mass is 16.5. The second kappa shape index (κ2) is 8.43. The predicted octanol–water partition coefficient (Wildman–Crippen LogP) is 5.46. The van der Waals surface area contributed by atoms with E-state index in [1.54, 1.807) is 60.7 Å². The van der Waals surface area contributed by atoms with E-state index in [0.717, 1.165) is 0 Å². The van der Waals surface area contributed by atoms with Crippen LogP contribution in [0.1, 0.15) is 41.0 Å². The zero-order valence-electron chi connectivity index (χ0n) is 19.5. The van der Waals surface area contributed by atoms with Crippen molar-refractivity contribution in [2.24, 2.45) is 0 Å². The molecule has 0 saturated carbocycles. The van der Waals surface area contributed by atoms with E-state index in [-0.39, 0.29) is 23.5 Å². The minimum Gasteiger partial charge on any atom is -0.497 e. The van der Waals surface area contributed by atoms with E-state index < -0.39 is 5.60 Å². The maximum Gasteiger partial charge on any atom is 0.255 e. The number of benzene rings is 3. The molecule has 5 rings (SSSR count). The number of fused-ring (bicyclic) bond motifs is 2.